The van der Waals surface area contributed by atoms with Gasteiger partial charge in [-0.25, -0.2) is 0 Å². The number of hydrogen-bond donors (Lipinski definition) is 0. The monoisotopic (exact) mass is 322 g/mol. The molecule has 2 saturated heterocycles. The molecule has 0 amide bonds. The average Bonchev–Trinajstić information content (AvgIpc) is 3.11. The summed E-state index contributed by atoms with van der Waals surface area (Å²) in [5.74, 6) is 0. The maximum absolute atomic E-state index is 5.48. The second-order valence-corrected chi connectivity index (χ2v) is 8.47. The second kappa shape index (κ2) is 7.00. The molecule has 0 aromatic carbocycles. The highest BCUT2D eigenvalue weighted by Gasteiger charge is 2.45. The van der Waals surface area contributed by atoms with Crippen LogP contribution in [0.4, 0.5) is 0 Å². The van der Waals surface area contributed by atoms with Crippen LogP contribution in [-0.2, 0) is 11.3 Å². The van der Waals surface area contributed by atoms with E-state index in [-0.39, 0.29) is 0 Å². The van der Waals surface area contributed by atoms with Gasteiger partial charge in [-0.2, -0.15) is 0 Å². The summed E-state index contributed by atoms with van der Waals surface area (Å²) in [6, 6.07) is 5.68. The Kier molecular flexibility index (Phi) is 5.23. The number of likely N-dealkylation sites (tertiary alicyclic amines) is 2. The molecule has 1 spiro atoms. The summed E-state index contributed by atoms with van der Waals surface area (Å²) in [6.07, 6.45) is 4.02. The van der Waals surface area contributed by atoms with E-state index in [1.807, 2.05) is 18.4 Å². The summed E-state index contributed by atoms with van der Waals surface area (Å²) < 4.78 is 5.48. The van der Waals surface area contributed by atoms with Gasteiger partial charge in [-0.1, -0.05) is 6.07 Å². The van der Waals surface area contributed by atoms with Crippen molar-refractivity contribution in [2.75, 3.05) is 33.4 Å². The maximum Gasteiger partial charge on any atom is 0.0618 e. The molecule has 3 rings (SSSR count). The van der Waals surface area contributed by atoms with E-state index >= 15 is 0 Å². The Bertz CT molecular complexity index is 452. The first-order valence-corrected chi connectivity index (χ1v) is 9.49. The van der Waals surface area contributed by atoms with E-state index in [2.05, 4.69) is 41.2 Å². The maximum atomic E-state index is 5.48. The van der Waals surface area contributed by atoms with Crippen molar-refractivity contribution in [2.24, 2.45) is 5.41 Å². The Morgan fingerprint density at radius 2 is 2.14 bits per heavy atom. The molecule has 0 N–H and O–H groups in total. The zero-order chi connectivity index (χ0) is 15.6. The quantitative estimate of drug-likeness (QED) is 0.826. The van der Waals surface area contributed by atoms with Gasteiger partial charge in [0.25, 0.3) is 0 Å². The molecule has 22 heavy (non-hydrogen) atoms. The van der Waals surface area contributed by atoms with Gasteiger partial charge in [-0.15, -0.1) is 11.3 Å². The van der Waals surface area contributed by atoms with E-state index in [0.717, 1.165) is 13.2 Å². The largest absolute Gasteiger partial charge is 0.383 e. The lowest BCUT2D eigenvalue weighted by molar-refractivity contribution is 0.0918. The van der Waals surface area contributed by atoms with Crippen molar-refractivity contribution >= 4 is 11.3 Å². The van der Waals surface area contributed by atoms with Gasteiger partial charge < -0.3 is 4.74 Å². The first kappa shape index (κ1) is 16.4. The SMILES string of the molecule is COC[C@@H]1CC2(CCN(Cc3cccs3)CC2)CN1C(C)C. The van der Waals surface area contributed by atoms with Crippen molar-refractivity contribution in [3.63, 3.8) is 0 Å². The fourth-order valence-electron chi connectivity index (χ4n) is 4.32. The zero-order valence-corrected chi connectivity index (χ0v) is 15.1. The van der Waals surface area contributed by atoms with Crippen LogP contribution in [0.2, 0.25) is 0 Å². The fraction of sp³-hybridized carbons (Fsp3) is 0.778. The van der Waals surface area contributed by atoms with Crippen molar-refractivity contribution in [1.29, 1.82) is 0 Å². The minimum atomic E-state index is 0.541. The molecule has 2 aliphatic heterocycles. The van der Waals surface area contributed by atoms with Crippen LogP contribution in [-0.4, -0.2) is 55.2 Å². The van der Waals surface area contributed by atoms with Crippen LogP contribution in [0.1, 0.15) is 38.0 Å². The molecule has 2 fully saturated rings. The van der Waals surface area contributed by atoms with Gasteiger partial charge in [-0.05, 0) is 63.1 Å². The van der Waals surface area contributed by atoms with Crippen LogP contribution in [0, 0.1) is 5.41 Å². The third-order valence-electron chi connectivity index (χ3n) is 5.55. The van der Waals surface area contributed by atoms with E-state index in [1.165, 1.54) is 43.8 Å². The van der Waals surface area contributed by atoms with E-state index in [4.69, 9.17) is 4.74 Å². The molecular weight excluding hydrogens is 292 g/mol. The smallest absolute Gasteiger partial charge is 0.0618 e. The predicted octanol–water partition coefficient (Wildman–Crippen LogP) is 3.46. The standard InChI is InChI=1S/C18H30N2OS/c1-15(2)20-14-18(11-16(20)13-21-3)6-8-19(9-7-18)12-17-5-4-10-22-17/h4-5,10,15-16H,6-9,11-14H2,1-3H3/t16-/m0/s1. The van der Waals surface area contributed by atoms with Gasteiger partial charge in [0, 0.05) is 37.2 Å². The normalized spacial score (nSPS) is 26.3. The molecule has 0 radical (unpaired) electrons. The average molecular weight is 323 g/mol. The van der Waals surface area contributed by atoms with Crippen LogP contribution in [0.15, 0.2) is 17.5 Å². The zero-order valence-electron chi connectivity index (χ0n) is 14.3. The molecule has 0 bridgehead atoms. The van der Waals surface area contributed by atoms with Crippen LogP contribution < -0.4 is 0 Å². The predicted molar refractivity (Wildman–Crippen MR) is 93.4 cm³/mol. The molecule has 1 aromatic heterocycles. The highest BCUT2D eigenvalue weighted by molar-refractivity contribution is 7.09. The number of thiophene rings is 1. The third-order valence-corrected chi connectivity index (χ3v) is 6.42. The number of piperidine rings is 1. The first-order valence-electron chi connectivity index (χ1n) is 8.61. The minimum absolute atomic E-state index is 0.541. The van der Waals surface area contributed by atoms with Crippen LogP contribution >= 0.6 is 11.3 Å². The van der Waals surface area contributed by atoms with Crippen LogP contribution in [0.25, 0.3) is 0 Å². The van der Waals surface area contributed by atoms with Crippen molar-refractivity contribution in [3.8, 4) is 0 Å². The Labute approximate surface area is 139 Å². The van der Waals surface area contributed by atoms with Crippen LogP contribution in [0.3, 0.4) is 0 Å². The first-order chi connectivity index (χ1) is 10.6. The Balaban J connectivity index is 1.57. The molecule has 3 heterocycles. The summed E-state index contributed by atoms with van der Waals surface area (Å²) in [7, 11) is 1.84. The lowest BCUT2D eigenvalue weighted by Crippen LogP contribution is -2.42. The molecule has 0 unspecified atom stereocenters. The number of rotatable bonds is 5. The molecular formula is C18H30N2OS. The molecule has 3 nitrogen and oxygen atoms in total. The molecule has 0 saturated carbocycles. The summed E-state index contributed by atoms with van der Waals surface area (Å²) >= 11 is 1.89. The highest BCUT2D eigenvalue weighted by Crippen LogP contribution is 2.44. The van der Waals surface area contributed by atoms with Gasteiger partial charge in [0.15, 0.2) is 0 Å². The third kappa shape index (κ3) is 3.56. The summed E-state index contributed by atoms with van der Waals surface area (Å²) in [6.45, 7) is 10.5. The lowest BCUT2D eigenvalue weighted by atomic mass is 9.76. The Hall–Kier alpha value is -0.420. The van der Waals surface area contributed by atoms with Crippen molar-refractivity contribution in [2.45, 2.75) is 51.7 Å². The van der Waals surface area contributed by atoms with Gasteiger partial charge in [-0.3, -0.25) is 9.80 Å². The molecule has 0 aliphatic carbocycles. The van der Waals surface area contributed by atoms with Crippen molar-refractivity contribution < 1.29 is 4.74 Å². The van der Waals surface area contributed by atoms with E-state index < -0.39 is 0 Å². The van der Waals surface area contributed by atoms with Crippen LogP contribution in [0.5, 0.6) is 0 Å². The highest BCUT2D eigenvalue weighted by atomic mass is 32.1. The van der Waals surface area contributed by atoms with Gasteiger partial charge in [0.05, 0.1) is 6.61 Å². The second-order valence-electron chi connectivity index (χ2n) is 7.43. The van der Waals surface area contributed by atoms with E-state index in [0.29, 0.717) is 17.5 Å². The molecule has 1 aromatic rings. The topological polar surface area (TPSA) is 15.7 Å². The lowest BCUT2D eigenvalue weighted by Gasteiger charge is -2.39. The number of hydrogen-bond acceptors (Lipinski definition) is 4. The number of methoxy groups -OCH3 is 1. The van der Waals surface area contributed by atoms with Crippen molar-refractivity contribution in [1.82, 2.24) is 9.80 Å². The molecule has 1 atom stereocenters. The minimum Gasteiger partial charge on any atom is -0.383 e. The number of ether oxygens (including phenoxy) is 1. The van der Waals surface area contributed by atoms with Gasteiger partial charge in [0.2, 0.25) is 0 Å². The Morgan fingerprint density at radius 1 is 1.36 bits per heavy atom. The molecule has 2 aliphatic rings. The van der Waals surface area contributed by atoms with E-state index in [9.17, 15) is 0 Å². The fourth-order valence-corrected chi connectivity index (χ4v) is 5.07. The summed E-state index contributed by atoms with van der Waals surface area (Å²) in [4.78, 5) is 6.82. The van der Waals surface area contributed by atoms with Crippen molar-refractivity contribution in [3.05, 3.63) is 22.4 Å². The van der Waals surface area contributed by atoms with Gasteiger partial charge in [0.1, 0.15) is 0 Å². The van der Waals surface area contributed by atoms with E-state index in [1.54, 1.807) is 0 Å². The summed E-state index contributed by atoms with van der Waals surface area (Å²) in [5, 5.41) is 2.19. The summed E-state index contributed by atoms with van der Waals surface area (Å²) in [5.41, 5.74) is 0.541. The Morgan fingerprint density at radius 3 is 2.73 bits per heavy atom. The molecule has 4 heteroatoms. The number of nitrogens with zero attached hydrogens (tertiary/aromatic N) is 2. The van der Waals surface area contributed by atoms with Gasteiger partial charge >= 0.3 is 0 Å². The molecule has 124 valence electrons.